The molecule has 0 amide bonds. The highest BCUT2D eigenvalue weighted by Crippen LogP contribution is 2.30. The van der Waals surface area contributed by atoms with Crippen LogP contribution < -0.4 is 5.32 Å². The van der Waals surface area contributed by atoms with E-state index in [1.165, 1.54) is 0 Å². The first kappa shape index (κ1) is 17.6. The summed E-state index contributed by atoms with van der Waals surface area (Å²) in [5.74, 6) is 0.0184. The molecule has 1 aromatic heterocycles. The van der Waals surface area contributed by atoms with Crippen molar-refractivity contribution >= 4 is 64.1 Å². The third-order valence-electron chi connectivity index (χ3n) is 3.51. The number of fused-ring (bicyclic) bond motifs is 1. The van der Waals surface area contributed by atoms with Gasteiger partial charge in [-0.1, -0.05) is 30.3 Å². The zero-order chi connectivity index (χ0) is 15.7. The molecule has 4 nitrogen and oxygen atoms in total. The molecule has 0 aliphatic carbocycles. The Kier molecular flexibility index (Phi) is 5.48. The number of benzene rings is 2. The predicted molar refractivity (Wildman–Crippen MR) is 109 cm³/mol. The van der Waals surface area contributed by atoms with Crippen LogP contribution in [0.3, 0.4) is 0 Å². The van der Waals surface area contributed by atoms with Crippen LogP contribution in [0.1, 0.15) is 17.3 Å². The van der Waals surface area contributed by atoms with E-state index in [1.54, 1.807) is 6.92 Å². The van der Waals surface area contributed by atoms with Gasteiger partial charge < -0.3 is 9.88 Å². The highest BCUT2D eigenvalue weighted by molar-refractivity contribution is 14.0. The summed E-state index contributed by atoms with van der Waals surface area (Å²) in [5.41, 5.74) is 3.24. The predicted octanol–water partition coefficient (Wildman–Crippen LogP) is 4.73. The fraction of sp³-hybridized carbons (Fsp3) is 0.0588. The molecule has 3 rings (SSSR count). The number of para-hydroxylation sites is 2. The van der Waals surface area contributed by atoms with Gasteiger partial charge in [-0.15, -0.1) is 36.6 Å². The molecule has 0 unspecified atom stereocenters. The van der Waals surface area contributed by atoms with Crippen molar-refractivity contribution in [1.82, 2.24) is 4.57 Å². The van der Waals surface area contributed by atoms with Crippen molar-refractivity contribution in [2.75, 3.05) is 5.32 Å². The Labute approximate surface area is 156 Å². The summed E-state index contributed by atoms with van der Waals surface area (Å²) in [6.45, 7) is 1.56. The van der Waals surface area contributed by atoms with Gasteiger partial charge in [0.1, 0.15) is 0 Å². The Morgan fingerprint density at radius 3 is 2.48 bits per heavy atom. The summed E-state index contributed by atoms with van der Waals surface area (Å²) in [6, 6.07) is 15.3. The zero-order valence-electron chi connectivity index (χ0n) is 12.4. The molecule has 0 aliphatic heterocycles. The van der Waals surface area contributed by atoms with Crippen LogP contribution in [-0.2, 0) is 0 Å². The van der Waals surface area contributed by atoms with Crippen molar-refractivity contribution in [2.45, 2.75) is 6.92 Å². The number of halogens is 1. The highest BCUT2D eigenvalue weighted by Gasteiger charge is 2.13. The SMILES string of the molecule is CC(=O)c1ccccc1-n1cc(NC(=N)S)c2ccccc21.I. The van der Waals surface area contributed by atoms with Crippen LogP contribution in [0.15, 0.2) is 54.7 Å². The van der Waals surface area contributed by atoms with E-state index < -0.39 is 0 Å². The number of Topliss-reactive ketones (excluding diaryl/α,β-unsaturated/α-hetero) is 1. The van der Waals surface area contributed by atoms with Gasteiger partial charge in [-0.05, 0) is 25.1 Å². The number of anilines is 1. The topological polar surface area (TPSA) is 57.9 Å². The fourth-order valence-electron chi connectivity index (χ4n) is 2.59. The summed E-state index contributed by atoms with van der Waals surface area (Å²) in [4.78, 5) is 11.9. The number of nitrogens with zero attached hydrogens (tertiary/aromatic N) is 1. The maximum absolute atomic E-state index is 11.9. The van der Waals surface area contributed by atoms with E-state index in [9.17, 15) is 4.79 Å². The second kappa shape index (κ2) is 7.18. The minimum absolute atomic E-state index is 0. The van der Waals surface area contributed by atoms with E-state index in [2.05, 4.69) is 17.9 Å². The minimum atomic E-state index is 0. The van der Waals surface area contributed by atoms with Crippen molar-refractivity contribution in [3.63, 3.8) is 0 Å². The number of hydrogen-bond acceptors (Lipinski definition) is 2. The lowest BCUT2D eigenvalue weighted by atomic mass is 10.1. The molecular formula is C17H16IN3OS. The standard InChI is InChI=1S/C17H15N3OS.HI/c1-11(21)12-6-2-4-8-15(12)20-10-14(19-17(18)22)13-7-3-5-9-16(13)20;/h2-10H,1H3,(H3,18,19,22);1H. The smallest absolute Gasteiger partial charge is 0.161 e. The number of hydrogen-bond donors (Lipinski definition) is 3. The molecule has 2 aromatic carbocycles. The molecule has 2 N–H and O–H groups in total. The number of carbonyl (C=O) groups excluding carboxylic acids is 1. The van der Waals surface area contributed by atoms with Gasteiger partial charge in [0.05, 0.1) is 16.9 Å². The van der Waals surface area contributed by atoms with Gasteiger partial charge in [-0.2, -0.15) is 0 Å². The Hall–Kier alpha value is -1.80. The maximum atomic E-state index is 11.9. The summed E-state index contributed by atoms with van der Waals surface area (Å²) in [7, 11) is 0. The number of rotatable bonds is 3. The van der Waals surface area contributed by atoms with Crippen LogP contribution >= 0.6 is 36.6 Å². The molecule has 0 saturated heterocycles. The van der Waals surface area contributed by atoms with Crippen molar-refractivity contribution in [3.05, 3.63) is 60.3 Å². The average Bonchev–Trinajstić information content (AvgIpc) is 2.85. The monoisotopic (exact) mass is 437 g/mol. The van der Waals surface area contributed by atoms with E-state index >= 15 is 0 Å². The molecule has 0 bridgehead atoms. The van der Waals surface area contributed by atoms with E-state index in [1.807, 2.05) is 59.3 Å². The Balaban J connectivity index is 0.00000192. The minimum Gasteiger partial charge on any atom is -0.334 e. The summed E-state index contributed by atoms with van der Waals surface area (Å²) in [6.07, 6.45) is 1.89. The molecule has 0 fully saturated rings. The molecular weight excluding hydrogens is 421 g/mol. The van der Waals surface area contributed by atoms with Gasteiger partial charge in [0, 0.05) is 17.1 Å². The van der Waals surface area contributed by atoms with Gasteiger partial charge >= 0.3 is 0 Å². The molecule has 0 radical (unpaired) electrons. The Bertz CT molecular complexity index is 888. The number of thiol groups is 1. The van der Waals surface area contributed by atoms with E-state index in [0.29, 0.717) is 5.56 Å². The van der Waals surface area contributed by atoms with Crippen LogP contribution in [0, 0.1) is 5.41 Å². The van der Waals surface area contributed by atoms with Crippen LogP contribution in [0.2, 0.25) is 0 Å². The number of amidine groups is 1. The van der Waals surface area contributed by atoms with Crippen LogP contribution in [0.25, 0.3) is 16.6 Å². The van der Waals surface area contributed by atoms with E-state index in [4.69, 9.17) is 5.41 Å². The molecule has 1 heterocycles. The van der Waals surface area contributed by atoms with Gasteiger partial charge in [-0.25, -0.2) is 0 Å². The molecule has 23 heavy (non-hydrogen) atoms. The first-order valence-corrected chi connectivity index (χ1v) is 7.27. The van der Waals surface area contributed by atoms with Crippen LogP contribution in [0.4, 0.5) is 5.69 Å². The molecule has 0 spiro atoms. The van der Waals surface area contributed by atoms with E-state index in [-0.39, 0.29) is 34.9 Å². The van der Waals surface area contributed by atoms with Crippen molar-refractivity contribution in [3.8, 4) is 5.69 Å². The summed E-state index contributed by atoms with van der Waals surface area (Å²) < 4.78 is 1.96. The maximum Gasteiger partial charge on any atom is 0.161 e. The second-order valence-corrected chi connectivity index (χ2v) is 5.42. The van der Waals surface area contributed by atoms with Crippen LogP contribution in [-0.4, -0.2) is 15.5 Å². The Morgan fingerprint density at radius 1 is 1.13 bits per heavy atom. The molecule has 6 heteroatoms. The molecule has 0 saturated carbocycles. The summed E-state index contributed by atoms with van der Waals surface area (Å²) >= 11 is 3.99. The van der Waals surface area contributed by atoms with Crippen molar-refractivity contribution in [1.29, 1.82) is 5.41 Å². The zero-order valence-corrected chi connectivity index (χ0v) is 15.6. The Morgan fingerprint density at radius 2 is 1.78 bits per heavy atom. The lowest BCUT2D eigenvalue weighted by Crippen LogP contribution is -2.03. The van der Waals surface area contributed by atoms with Crippen molar-refractivity contribution in [2.24, 2.45) is 0 Å². The first-order valence-electron chi connectivity index (χ1n) is 6.83. The highest BCUT2D eigenvalue weighted by atomic mass is 127. The van der Waals surface area contributed by atoms with Gasteiger partial charge in [-0.3, -0.25) is 10.2 Å². The van der Waals surface area contributed by atoms with Crippen molar-refractivity contribution < 1.29 is 4.79 Å². The average molecular weight is 437 g/mol. The third-order valence-corrected chi connectivity index (χ3v) is 3.62. The van der Waals surface area contributed by atoms with Gasteiger partial charge in [0.2, 0.25) is 0 Å². The fourth-order valence-corrected chi connectivity index (χ4v) is 2.71. The normalized spacial score (nSPS) is 10.2. The van der Waals surface area contributed by atoms with E-state index in [0.717, 1.165) is 22.3 Å². The largest absolute Gasteiger partial charge is 0.334 e. The molecule has 118 valence electrons. The lowest BCUT2D eigenvalue weighted by molar-refractivity contribution is 0.101. The van der Waals surface area contributed by atoms with Gasteiger partial charge in [0.25, 0.3) is 0 Å². The first-order chi connectivity index (χ1) is 10.6. The number of carbonyl (C=O) groups is 1. The van der Waals surface area contributed by atoms with Crippen LogP contribution in [0.5, 0.6) is 0 Å². The number of nitrogens with one attached hydrogen (secondary N) is 2. The quantitative estimate of drug-likeness (QED) is 0.183. The number of ketones is 1. The molecule has 3 aromatic rings. The molecule has 0 aliphatic rings. The van der Waals surface area contributed by atoms with Gasteiger partial charge in [0.15, 0.2) is 11.0 Å². The summed E-state index contributed by atoms with van der Waals surface area (Å²) in [5, 5.41) is 11.5. The number of aromatic nitrogens is 1. The lowest BCUT2D eigenvalue weighted by Gasteiger charge is -2.09. The third kappa shape index (κ3) is 3.42. The molecule has 0 atom stereocenters. The second-order valence-electron chi connectivity index (χ2n) is 4.98.